The Bertz CT molecular complexity index is 1270. The monoisotopic (exact) mass is 560 g/mol. The summed E-state index contributed by atoms with van der Waals surface area (Å²) in [4.78, 5) is 38.6. The zero-order valence-electron chi connectivity index (χ0n) is 18.6. The highest BCUT2D eigenvalue weighted by atomic mass is 32.2. The smallest absolute Gasteiger partial charge is 0.435 e. The van der Waals surface area contributed by atoms with Crippen LogP contribution in [0.1, 0.15) is 35.2 Å². The van der Waals surface area contributed by atoms with Crippen LogP contribution in [0.4, 0.5) is 13.2 Å². The Morgan fingerprint density at radius 2 is 2.06 bits per heavy atom. The van der Waals surface area contributed by atoms with Gasteiger partial charge >= 0.3 is 12.1 Å². The third-order valence-corrected chi connectivity index (χ3v) is 9.23. The molecule has 4 heterocycles. The van der Waals surface area contributed by atoms with Crippen molar-refractivity contribution in [2.45, 2.75) is 54.2 Å². The largest absolute Gasteiger partial charge is 0.477 e. The highest BCUT2D eigenvalue weighted by Crippen LogP contribution is 2.43. The molecule has 10 nitrogen and oxygen atoms in total. The van der Waals surface area contributed by atoms with Gasteiger partial charge in [-0.1, -0.05) is 23.1 Å². The predicted molar refractivity (Wildman–Crippen MR) is 124 cm³/mol. The molecule has 0 spiro atoms. The second-order valence-corrected chi connectivity index (χ2v) is 12.0. The van der Waals surface area contributed by atoms with Crippen molar-refractivity contribution in [3.05, 3.63) is 33.7 Å². The molecule has 1 aliphatic carbocycles. The summed E-state index contributed by atoms with van der Waals surface area (Å²) >= 11 is 4.04. The maximum Gasteiger partial charge on any atom is 0.435 e. The van der Waals surface area contributed by atoms with Gasteiger partial charge in [-0.05, 0) is 31.4 Å². The zero-order valence-corrected chi connectivity index (χ0v) is 21.1. The van der Waals surface area contributed by atoms with Crippen molar-refractivity contribution < 1.29 is 32.7 Å². The number of β-lactam (4-membered cyclic amide) rings is 1. The number of aliphatic carboxylic acids is 1. The fourth-order valence-corrected chi connectivity index (χ4v) is 7.34. The van der Waals surface area contributed by atoms with Crippen molar-refractivity contribution >= 4 is 52.6 Å². The van der Waals surface area contributed by atoms with Crippen LogP contribution in [0.3, 0.4) is 0 Å². The van der Waals surface area contributed by atoms with Crippen molar-refractivity contribution in [3.63, 3.8) is 0 Å². The molecule has 0 radical (unpaired) electrons. The van der Waals surface area contributed by atoms with E-state index in [9.17, 15) is 32.7 Å². The Kier molecular flexibility index (Phi) is 6.53. The van der Waals surface area contributed by atoms with E-state index in [0.717, 1.165) is 33.5 Å². The molecule has 2 aromatic rings. The van der Waals surface area contributed by atoms with E-state index < -0.39 is 47.6 Å². The number of carbonyl (C=O) groups is 3. The van der Waals surface area contributed by atoms with E-state index in [1.165, 1.54) is 34.9 Å². The fraction of sp³-hybridized carbons (Fsp3) is 0.500. The molecular weight excluding hydrogens is 541 g/mol. The molecule has 16 heteroatoms. The number of hydrogen-bond donors (Lipinski definition) is 2. The van der Waals surface area contributed by atoms with Crippen molar-refractivity contribution in [2.24, 2.45) is 0 Å². The Hall–Kier alpha value is -2.59. The number of thioether (sulfide) groups is 2. The van der Waals surface area contributed by atoms with E-state index in [2.05, 4.69) is 20.6 Å². The molecular formula is C20H19F3N6O4S3. The van der Waals surface area contributed by atoms with Crippen LogP contribution in [0.5, 0.6) is 0 Å². The van der Waals surface area contributed by atoms with Gasteiger partial charge in [0.1, 0.15) is 28.7 Å². The minimum absolute atomic E-state index is 0.0697. The molecule has 2 aliphatic heterocycles. The number of nitrogens with one attached hydrogen (secondary N) is 1. The molecule has 5 rings (SSSR count). The molecule has 0 bridgehead atoms. The average Bonchev–Trinajstić information content (AvgIpc) is 3.43. The second kappa shape index (κ2) is 9.37. The Morgan fingerprint density at radius 1 is 1.31 bits per heavy atom. The highest BCUT2D eigenvalue weighted by Gasteiger charge is 2.54. The molecule has 192 valence electrons. The number of carboxylic acid groups (broad SMARTS) is 1. The van der Waals surface area contributed by atoms with E-state index >= 15 is 0 Å². The topological polar surface area (TPSA) is 130 Å². The maximum absolute atomic E-state index is 13.1. The number of nitrogens with zero attached hydrogens (tertiary/aromatic N) is 5. The van der Waals surface area contributed by atoms with Gasteiger partial charge in [-0.3, -0.25) is 19.2 Å². The van der Waals surface area contributed by atoms with E-state index in [1.807, 2.05) is 6.92 Å². The number of carboxylic acids is 1. The summed E-state index contributed by atoms with van der Waals surface area (Å²) in [7, 11) is 0. The van der Waals surface area contributed by atoms with Gasteiger partial charge in [0.15, 0.2) is 10.0 Å². The molecule has 36 heavy (non-hydrogen) atoms. The van der Waals surface area contributed by atoms with Crippen LogP contribution < -0.4 is 5.32 Å². The van der Waals surface area contributed by atoms with Crippen LogP contribution in [-0.2, 0) is 27.1 Å². The number of halogens is 3. The highest BCUT2D eigenvalue weighted by molar-refractivity contribution is 8.01. The number of fused-ring (bicyclic) bond motifs is 1. The molecule has 2 atom stereocenters. The lowest BCUT2D eigenvalue weighted by Crippen LogP contribution is -2.70. The number of aryl methyl sites for hydroxylation is 1. The number of amides is 2. The van der Waals surface area contributed by atoms with Gasteiger partial charge in [-0.2, -0.15) is 18.3 Å². The Labute approximate surface area is 214 Å². The van der Waals surface area contributed by atoms with Crippen LogP contribution >= 0.6 is 34.9 Å². The second-order valence-electron chi connectivity index (χ2n) is 8.47. The van der Waals surface area contributed by atoms with E-state index in [1.54, 1.807) is 0 Å². The van der Waals surface area contributed by atoms with Crippen LogP contribution in [-0.4, -0.2) is 70.7 Å². The lowest BCUT2D eigenvalue weighted by Gasteiger charge is -2.49. The van der Waals surface area contributed by atoms with Gasteiger partial charge in [0, 0.05) is 23.1 Å². The maximum atomic E-state index is 13.1. The van der Waals surface area contributed by atoms with Crippen LogP contribution in [0.2, 0.25) is 0 Å². The first-order valence-corrected chi connectivity index (χ1v) is 13.6. The first kappa shape index (κ1) is 25.1. The predicted octanol–water partition coefficient (Wildman–Crippen LogP) is 2.47. The summed E-state index contributed by atoms with van der Waals surface area (Å²) in [6.07, 6.45) is -3.18. The summed E-state index contributed by atoms with van der Waals surface area (Å²) in [6.45, 7) is 1.35. The normalized spacial score (nSPS) is 21.9. The number of hydrogen-bond acceptors (Lipinski definition) is 9. The van der Waals surface area contributed by atoms with Crippen molar-refractivity contribution in [1.82, 2.24) is 30.2 Å². The first-order valence-electron chi connectivity index (χ1n) is 10.8. The summed E-state index contributed by atoms with van der Waals surface area (Å²) in [5.41, 5.74) is -0.267. The third kappa shape index (κ3) is 4.85. The Balaban J connectivity index is 1.26. The molecule has 2 unspecified atom stereocenters. The van der Waals surface area contributed by atoms with Gasteiger partial charge in [-0.25, -0.2) is 4.79 Å². The van der Waals surface area contributed by atoms with Crippen LogP contribution in [0, 0.1) is 6.92 Å². The molecule has 0 aromatic carbocycles. The summed E-state index contributed by atoms with van der Waals surface area (Å²) in [6, 6.07) is -0.0102. The summed E-state index contributed by atoms with van der Waals surface area (Å²) in [5.74, 6) is -1.89. The number of aromatic nitrogens is 4. The lowest BCUT2D eigenvalue weighted by atomic mass is 10.0. The number of carbonyl (C=O) groups excluding carboxylic acids is 2. The molecule has 2 amide bonds. The SMILES string of the molecule is Cc1nnc(SCC2=C(C(=O)O)N3C(=O)C(NC(=O)Cn4nc(C(F)(F)F)cc4C4CC4)C3SC2)s1. The van der Waals surface area contributed by atoms with Gasteiger partial charge in [0.25, 0.3) is 5.91 Å². The number of alkyl halides is 3. The summed E-state index contributed by atoms with van der Waals surface area (Å²) in [5, 5.41) is 24.0. The molecule has 1 saturated carbocycles. The number of rotatable bonds is 8. The third-order valence-electron chi connectivity index (χ3n) is 5.83. The fourth-order valence-electron chi connectivity index (χ4n) is 4.04. The minimum Gasteiger partial charge on any atom is -0.477 e. The van der Waals surface area contributed by atoms with E-state index in [4.69, 9.17) is 0 Å². The van der Waals surface area contributed by atoms with Crippen LogP contribution in [0.25, 0.3) is 0 Å². The lowest BCUT2D eigenvalue weighted by molar-refractivity contribution is -0.150. The van der Waals surface area contributed by atoms with Crippen molar-refractivity contribution in [1.29, 1.82) is 0 Å². The van der Waals surface area contributed by atoms with E-state index in [0.29, 0.717) is 27.1 Å². The van der Waals surface area contributed by atoms with Gasteiger partial charge in [0.2, 0.25) is 5.91 Å². The summed E-state index contributed by atoms with van der Waals surface area (Å²) < 4.78 is 41.1. The molecule has 3 aliphatic rings. The zero-order chi connectivity index (χ0) is 25.8. The van der Waals surface area contributed by atoms with E-state index in [-0.39, 0.29) is 11.6 Å². The first-order chi connectivity index (χ1) is 17.0. The van der Waals surface area contributed by atoms with Crippen LogP contribution in [0.15, 0.2) is 21.7 Å². The van der Waals surface area contributed by atoms with Gasteiger partial charge in [-0.15, -0.1) is 22.0 Å². The van der Waals surface area contributed by atoms with Crippen molar-refractivity contribution in [3.8, 4) is 0 Å². The van der Waals surface area contributed by atoms with Gasteiger partial charge < -0.3 is 10.4 Å². The Morgan fingerprint density at radius 3 is 2.67 bits per heavy atom. The van der Waals surface area contributed by atoms with Gasteiger partial charge in [0.05, 0.1) is 0 Å². The quantitative estimate of drug-likeness (QED) is 0.369. The molecule has 2 fully saturated rings. The van der Waals surface area contributed by atoms with Crippen molar-refractivity contribution in [2.75, 3.05) is 11.5 Å². The minimum atomic E-state index is -4.63. The average molecular weight is 561 g/mol. The molecule has 1 saturated heterocycles. The molecule has 2 N–H and O–H groups in total. The standard InChI is InChI=1S/C20H19F3N6O4S3/c1-8-25-26-19(36-8)35-7-10-6-34-17-14(16(31)29(17)15(10)18(32)33)24-13(30)5-28-11(9-2-3-9)4-12(27-28)20(21,22)23/h4,9,14,17H,2-3,5-7H2,1H3,(H,24,30)(H,32,33). The molecule has 2 aromatic heterocycles.